The van der Waals surface area contributed by atoms with Crippen LogP contribution < -0.4 is 9.47 Å². The Kier molecular flexibility index (Phi) is 5.75. The highest BCUT2D eigenvalue weighted by Gasteiger charge is 2.04. The maximum absolute atomic E-state index is 5.87. The molecular formula is C15H13Br2ClO2. The molecule has 2 aromatic carbocycles. The van der Waals surface area contributed by atoms with E-state index in [1.165, 1.54) is 0 Å². The van der Waals surface area contributed by atoms with E-state index in [-0.39, 0.29) is 0 Å². The molecule has 106 valence electrons. The van der Waals surface area contributed by atoms with Gasteiger partial charge >= 0.3 is 0 Å². The smallest absolute Gasteiger partial charge is 0.133 e. The molecule has 0 heterocycles. The lowest BCUT2D eigenvalue weighted by atomic mass is 10.2. The van der Waals surface area contributed by atoms with Crippen LogP contribution in [0.25, 0.3) is 0 Å². The van der Waals surface area contributed by atoms with Gasteiger partial charge < -0.3 is 9.47 Å². The van der Waals surface area contributed by atoms with Gasteiger partial charge in [-0.2, -0.15) is 0 Å². The Morgan fingerprint density at radius 3 is 2.50 bits per heavy atom. The van der Waals surface area contributed by atoms with Gasteiger partial charge in [-0.3, -0.25) is 0 Å². The number of methoxy groups -OCH3 is 1. The Morgan fingerprint density at radius 1 is 1.05 bits per heavy atom. The number of rotatable bonds is 5. The maximum atomic E-state index is 5.87. The molecule has 0 amide bonds. The van der Waals surface area contributed by atoms with Crippen molar-refractivity contribution in [2.75, 3.05) is 7.11 Å². The largest absolute Gasteiger partial charge is 0.496 e. The summed E-state index contributed by atoms with van der Waals surface area (Å²) in [6, 6.07) is 11.7. The average molecular weight is 421 g/mol. The molecule has 2 rings (SSSR count). The van der Waals surface area contributed by atoms with E-state index < -0.39 is 0 Å². The van der Waals surface area contributed by atoms with Gasteiger partial charge in [-0.15, -0.1) is 11.6 Å². The number of hydrogen-bond donors (Lipinski definition) is 0. The molecule has 0 bridgehead atoms. The van der Waals surface area contributed by atoms with Crippen molar-refractivity contribution >= 4 is 43.5 Å². The van der Waals surface area contributed by atoms with Crippen LogP contribution in [0.2, 0.25) is 0 Å². The first-order valence-electron chi connectivity index (χ1n) is 5.93. The molecule has 0 fully saturated rings. The third-order valence-electron chi connectivity index (χ3n) is 2.78. The number of hydrogen-bond acceptors (Lipinski definition) is 2. The van der Waals surface area contributed by atoms with E-state index in [1.807, 2.05) is 36.4 Å². The Labute approximate surface area is 140 Å². The third kappa shape index (κ3) is 3.90. The van der Waals surface area contributed by atoms with E-state index in [0.29, 0.717) is 12.5 Å². The van der Waals surface area contributed by atoms with Gasteiger partial charge in [-0.1, -0.05) is 22.0 Å². The van der Waals surface area contributed by atoms with Gasteiger partial charge in [0.15, 0.2) is 0 Å². The van der Waals surface area contributed by atoms with Gasteiger partial charge in [-0.05, 0) is 57.4 Å². The minimum atomic E-state index is 0.450. The van der Waals surface area contributed by atoms with Crippen LogP contribution in [-0.2, 0) is 12.5 Å². The molecule has 2 nitrogen and oxygen atoms in total. The summed E-state index contributed by atoms with van der Waals surface area (Å²) in [7, 11) is 1.64. The Balaban J connectivity index is 2.07. The monoisotopic (exact) mass is 418 g/mol. The first-order chi connectivity index (χ1) is 9.63. The average Bonchev–Trinajstić information content (AvgIpc) is 2.46. The lowest BCUT2D eigenvalue weighted by Crippen LogP contribution is -1.97. The van der Waals surface area contributed by atoms with Crippen LogP contribution in [0.1, 0.15) is 11.1 Å². The zero-order valence-electron chi connectivity index (χ0n) is 10.8. The molecule has 0 radical (unpaired) electrons. The Hall–Kier alpha value is -0.710. The summed E-state index contributed by atoms with van der Waals surface area (Å²) < 4.78 is 12.9. The van der Waals surface area contributed by atoms with Gasteiger partial charge in [-0.25, -0.2) is 0 Å². The van der Waals surface area contributed by atoms with Crippen molar-refractivity contribution in [3.63, 3.8) is 0 Å². The highest BCUT2D eigenvalue weighted by atomic mass is 79.9. The summed E-state index contributed by atoms with van der Waals surface area (Å²) in [5, 5.41) is 0. The van der Waals surface area contributed by atoms with Crippen molar-refractivity contribution in [1.82, 2.24) is 0 Å². The summed E-state index contributed by atoms with van der Waals surface area (Å²) >= 11 is 12.8. The Morgan fingerprint density at radius 2 is 1.85 bits per heavy atom. The molecule has 0 spiro atoms. The van der Waals surface area contributed by atoms with Crippen LogP contribution in [0.5, 0.6) is 11.5 Å². The molecule has 20 heavy (non-hydrogen) atoms. The molecule has 0 aliphatic carbocycles. The second kappa shape index (κ2) is 7.34. The standard InChI is InChI=1S/C15H13Br2ClO2/c1-19-15-5-2-10(6-14(15)17)9-20-12-3-4-13(16)11(7-12)8-18/h2-7H,8-9H2,1H3. The van der Waals surface area contributed by atoms with Crippen molar-refractivity contribution < 1.29 is 9.47 Å². The van der Waals surface area contributed by atoms with Crippen molar-refractivity contribution in [2.45, 2.75) is 12.5 Å². The van der Waals surface area contributed by atoms with Crippen LogP contribution in [0.3, 0.4) is 0 Å². The molecular weight excluding hydrogens is 407 g/mol. The topological polar surface area (TPSA) is 18.5 Å². The Bertz CT molecular complexity index is 602. The quantitative estimate of drug-likeness (QED) is 0.592. The van der Waals surface area contributed by atoms with E-state index in [2.05, 4.69) is 31.9 Å². The van der Waals surface area contributed by atoms with Crippen molar-refractivity contribution in [3.05, 3.63) is 56.5 Å². The van der Waals surface area contributed by atoms with Gasteiger partial charge in [0, 0.05) is 10.4 Å². The zero-order chi connectivity index (χ0) is 14.5. The van der Waals surface area contributed by atoms with Crippen molar-refractivity contribution in [2.24, 2.45) is 0 Å². The molecule has 0 saturated carbocycles. The lowest BCUT2D eigenvalue weighted by Gasteiger charge is -2.10. The summed E-state index contributed by atoms with van der Waals surface area (Å²) in [5.41, 5.74) is 2.08. The van der Waals surface area contributed by atoms with Crippen LogP contribution in [0, 0.1) is 0 Å². The predicted octanol–water partition coefficient (Wildman–Crippen LogP) is 5.54. The van der Waals surface area contributed by atoms with E-state index in [9.17, 15) is 0 Å². The van der Waals surface area contributed by atoms with Crippen molar-refractivity contribution in [1.29, 1.82) is 0 Å². The fourth-order valence-electron chi connectivity index (χ4n) is 1.71. The van der Waals surface area contributed by atoms with Crippen molar-refractivity contribution in [3.8, 4) is 11.5 Å². The molecule has 0 saturated heterocycles. The SMILES string of the molecule is COc1ccc(COc2ccc(Br)c(CCl)c2)cc1Br. The third-order valence-corrected chi connectivity index (χ3v) is 4.46. The minimum absolute atomic E-state index is 0.450. The lowest BCUT2D eigenvalue weighted by molar-refractivity contribution is 0.305. The predicted molar refractivity (Wildman–Crippen MR) is 88.7 cm³/mol. The molecule has 2 aromatic rings. The first-order valence-corrected chi connectivity index (χ1v) is 8.05. The first kappa shape index (κ1) is 15.7. The van der Waals surface area contributed by atoms with E-state index in [0.717, 1.165) is 31.6 Å². The molecule has 0 aliphatic heterocycles. The summed E-state index contributed by atoms with van der Waals surface area (Å²) in [6.07, 6.45) is 0. The summed E-state index contributed by atoms with van der Waals surface area (Å²) in [4.78, 5) is 0. The van der Waals surface area contributed by atoms with Crippen LogP contribution in [0.15, 0.2) is 45.3 Å². The van der Waals surface area contributed by atoms with Crippen LogP contribution in [-0.4, -0.2) is 7.11 Å². The van der Waals surface area contributed by atoms with E-state index >= 15 is 0 Å². The molecule has 0 atom stereocenters. The van der Waals surface area contributed by atoms with Gasteiger partial charge in [0.05, 0.1) is 11.6 Å². The maximum Gasteiger partial charge on any atom is 0.133 e. The fourth-order valence-corrected chi connectivity index (χ4v) is 3.07. The van der Waals surface area contributed by atoms with E-state index in [4.69, 9.17) is 21.1 Å². The van der Waals surface area contributed by atoms with Gasteiger partial charge in [0.25, 0.3) is 0 Å². The van der Waals surface area contributed by atoms with Gasteiger partial charge in [0.2, 0.25) is 0 Å². The molecule has 0 N–H and O–H groups in total. The molecule has 0 aliphatic rings. The minimum Gasteiger partial charge on any atom is -0.496 e. The zero-order valence-corrected chi connectivity index (χ0v) is 14.8. The fraction of sp³-hybridized carbons (Fsp3) is 0.200. The van der Waals surface area contributed by atoms with E-state index in [1.54, 1.807) is 7.11 Å². The highest BCUT2D eigenvalue weighted by Crippen LogP contribution is 2.27. The number of ether oxygens (including phenoxy) is 2. The summed E-state index contributed by atoms with van der Waals surface area (Å²) in [6.45, 7) is 0.492. The number of alkyl halides is 1. The molecule has 5 heteroatoms. The normalized spacial score (nSPS) is 10.4. The molecule has 0 aromatic heterocycles. The van der Waals surface area contributed by atoms with Gasteiger partial charge in [0.1, 0.15) is 18.1 Å². The van der Waals surface area contributed by atoms with Crippen LogP contribution in [0.4, 0.5) is 0 Å². The second-order valence-electron chi connectivity index (χ2n) is 4.14. The summed E-state index contributed by atoms with van der Waals surface area (Å²) in [5.74, 6) is 2.06. The van der Waals surface area contributed by atoms with Crippen LogP contribution >= 0.6 is 43.5 Å². The second-order valence-corrected chi connectivity index (χ2v) is 6.12. The highest BCUT2D eigenvalue weighted by molar-refractivity contribution is 9.10. The number of benzene rings is 2. The number of halogens is 3. The molecule has 0 unspecified atom stereocenters.